The van der Waals surface area contributed by atoms with E-state index in [1.807, 2.05) is 19.9 Å². The van der Waals surface area contributed by atoms with Crippen LogP contribution in [0, 0.1) is 13.8 Å². The minimum Gasteiger partial charge on any atom is -0.317 e. The van der Waals surface area contributed by atoms with Crippen LogP contribution in [0.2, 0.25) is 0 Å². The Morgan fingerprint density at radius 2 is 1.73 bits per heavy atom. The predicted octanol–water partition coefficient (Wildman–Crippen LogP) is 4.06. The molecule has 0 spiro atoms. The normalized spacial score (nSPS) is 13.5. The van der Waals surface area contributed by atoms with Gasteiger partial charge < -0.3 is 4.57 Å². The fourth-order valence-electron chi connectivity index (χ4n) is 3.92. The first-order valence-corrected chi connectivity index (χ1v) is 12.0. The van der Waals surface area contributed by atoms with Crippen LogP contribution in [0.1, 0.15) is 23.9 Å². The number of benzene rings is 2. The Kier molecular flexibility index (Phi) is 4.90. The summed E-state index contributed by atoms with van der Waals surface area (Å²) in [6.45, 7) is 6.11. The van der Waals surface area contributed by atoms with Gasteiger partial charge in [0.1, 0.15) is 0 Å². The number of aromatic nitrogens is 3. The lowest BCUT2D eigenvalue weighted by Gasteiger charge is -2.10. The van der Waals surface area contributed by atoms with Gasteiger partial charge in [0.25, 0.3) is 5.56 Å². The Hall–Kier alpha value is -3.12. The third-order valence-electron chi connectivity index (χ3n) is 5.56. The maximum atomic E-state index is 13.4. The molecule has 5 nitrogen and oxygen atoms in total. The van der Waals surface area contributed by atoms with E-state index in [2.05, 4.69) is 40.7 Å². The third-order valence-corrected chi connectivity index (χ3v) is 6.83. The highest BCUT2D eigenvalue weighted by molar-refractivity contribution is 7.99. The van der Waals surface area contributed by atoms with E-state index in [0.717, 1.165) is 28.9 Å². The zero-order chi connectivity index (χ0) is 21.6. The summed E-state index contributed by atoms with van der Waals surface area (Å²) in [7, 11) is -2.30. The number of nitrogens with zero attached hydrogens (tertiary/aromatic N) is 3. The number of aryl methyl sites for hydroxylation is 3. The molecule has 2 aromatic heterocycles. The molecule has 0 saturated carbocycles. The second-order valence-corrected chi connectivity index (χ2v) is 10.2. The molecule has 0 aliphatic rings. The van der Waals surface area contributed by atoms with Crippen LogP contribution in [-0.2, 0) is 15.9 Å². The molecule has 0 fully saturated rings. The van der Waals surface area contributed by atoms with Gasteiger partial charge in [-0.05, 0) is 77.6 Å². The largest absolute Gasteiger partial charge is 0.317 e. The number of rotatable bonds is 4. The van der Waals surface area contributed by atoms with E-state index in [0.29, 0.717) is 16.0 Å². The summed E-state index contributed by atoms with van der Waals surface area (Å²) in [5.74, 6) is 3.71. The Bertz CT molecular complexity index is 1430. The summed E-state index contributed by atoms with van der Waals surface area (Å²) >= 11 is 0. The van der Waals surface area contributed by atoms with Crippen molar-refractivity contribution < 1.29 is 4.21 Å². The summed E-state index contributed by atoms with van der Waals surface area (Å²) in [5, 5.41) is 5.92. The Labute approximate surface area is 176 Å². The highest BCUT2D eigenvalue weighted by atomic mass is 32.2. The van der Waals surface area contributed by atoms with Gasteiger partial charge in [0.05, 0.1) is 17.3 Å². The first-order chi connectivity index (χ1) is 14.2. The van der Waals surface area contributed by atoms with Crippen LogP contribution in [0.5, 0.6) is 0 Å². The summed E-state index contributed by atoms with van der Waals surface area (Å²) < 4.78 is 15.7. The molecule has 0 radical (unpaired) electrons. The molecule has 0 aliphatic heterocycles. The fourth-order valence-corrected chi connectivity index (χ4v) is 4.64. The standard InChI is InChI=1S/C24H25N3O2S/c1-6-18-8-7-9-20(14-18)26-16(2)22-15-25-27(24(28)23(22)17(26)3)19-10-12-21(13-11-19)30(4,5)29/h7-15H,4,6H2,1-3,5H3. The molecule has 4 rings (SSSR count). The first-order valence-electron chi connectivity index (χ1n) is 9.84. The van der Waals surface area contributed by atoms with Gasteiger partial charge in [0.2, 0.25) is 0 Å². The molecule has 1 atom stereocenters. The summed E-state index contributed by atoms with van der Waals surface area (Å²) in [6, 6.07) is 15.4. The van der Waals surface area contributed by atoms with Crippen molar-refractivity contribution in [1.29, 1.82) is 0 Å². The lowest BCUT2D eigenvalue weighted by molar-refractivity contribution is 0.685. The minimum absolute atomic E-state index is 0.168. The zero-order valence-corrected chi connectivity index (χ0v) is 18.5. The van der Waals surface area contributed by atoms with Crippen LogP contribution in [0.4, 0.5) is 0 Å². The van der Waals surface area contributed by atoms with Gasteiger partial charge in [0.15, 0.2) is 0 Å². The monoisotopic (exact) mass is 419 g/mol. The topological polar surface area (TPSA) is 56.9 Å². The van der Waals surface area contributed by atoms with E-state index >= 15 is 0 Å². The molecular weight excluding hydrogens is 394 g/mol. The van der Waals surface area contributed by atoms with E-state index in [1.54, 1.807) is 36.7 Å². The second-order valence-electron chi connectivity index (χ2n) is 7.68. The first kappa shape index (κ1) is 20.2. The second kappa shape index (κ2) is 7.29. The van der Waals surface area contributed by atoms with Crippen LogP contribution in [0.3, 0.4) is 0 Å². The zero-order valence-electron chi connectivity index (χ0n) is 17.7. The lowest BCUT2D eigenvalue weighted by atomic mass is 10.1. The Balaban J connectivity index is 1.91. The molecule has 30 heavy (non-hydrogen) atoms. The van der Waals surface area contributed by atoms with Crippen molar-refractivity contribution >= 4 is 26.2 Å². The van der Waals surface area contributed by atoms with Gasteiger partial charge in [-0.2, -0.15) is 9.78 Å². The van der Waals surface area contributed by atoms with E-state index in [4.69, 9.17) is 0 Å². The van der Waals surface area contributed by atoms with Gasteiger partial charge in [-0.15, -0.1) is 0 Å². The molecule has 1 unspecified atom stereocenters. The Morgan fingerprint density at radius 1 is 1.03 bits per heavy atom. The molecule has 0 aliphatic carbocycles. The minimum atomic E-state index is -2.30. The molecule has 0 saturated heterocycles. The van der Waals surface area contributed by atoms with Crippen LogP contribution in [0.25, 0.3) is 22.1 Å². The number of fused-ring (bicyclic) bond motifs is 1. The Morgan fingerprint density at radius 3 is 2.37 bits per heavy atom. The molecule has 2 heterocycles. The summed E-state index contributed by atoms with van der Waals surface area (Å²) in [6.07, 6.45) is 4.30. The lowest BCUT2D eigenvalue weighted by Crippen LogP contribution is -2.21. The molecule has 2 aromatic carbocycles. The highest BCUT2D eigenvalue weighted by Gasteiger charge is 2.18. The SMILES string of the molecule is C=S(C)(=O)c1ccc(-n2ncc3c(C)n(-c4cccc(CC)c4)c(C)c3c2=O)cc1. The van der Waals surface area contributed by atoms with Gasteiger partial charge in [-0.25, -0.2) is 0 Å². The number of hydrogen-bond acceptors (Lipinski definition) is 3. The average molecular weight is 420 g/mol. The van der Waals surface area contributed by atoms with Crippen molar-refractivity contribution in [2.75, 3.05) is 6.26 Å². The van der Waals surface area contributed by atoms with Crippen LogP contribution < -0.4 is 5.56 Å². The van der Waals surface area contributed by atoms with Crippen molar-refractivity contribution in [2.45, 2.75) is 32.1 Å². The van der Waals surface area contributed by atoms with Gasteiger partial charge >= 0.3 is 0 Å². The predicted molar refractivity (Wildman–Crippen MR) is 125 cm³/mol. The molecule has 0 amide bonds. The fraction of sp³-hybridized carbons (Fsp3) is 0.208. The smallest absolute Gasteiger partial charge is 0.281 e. The van der Waals surface area contributed by atoms with E-state index in [-0.39, 0.29) is 5.56 Å². The van der Waals surface area contributed by atoms with E-state index in [1.165, 1.54) is 10.2 Å². The molecular formula is C24H25N3O2S. The number of hydrogen-bond donors (Lipinski definition) is 0. The van der Waals surface area contributed by atoms with Crippen molar-refractivity contribution in [3.05, 3.63) is 82.0 Å². The van der Waals surface area contributed by atoms with Gasteiger partial charge in [-0.1, -0.05) is 19.1 Å². The molecule has 154 valence electrons. The van der Waals surface area contributed by atoms with Crippen molar-refractivity contribution in [1.82, 2.24) is 14.3 Å². The van der Waals surface area contributed by atoms with Crippen LogP contribution in [0.15, 0.2) is 64.4 Å². The van der Waals surface area contributed by atoms with E-state index in [9.17, 15) is 9.00 Å². The van der Waals surface area contributed by atoms with Crippen molar-refractivity contribution in [2.24, 2.45) is 0 Å². The molecule has 4 aromatic rings. The van der Waals surface area contributed by atoms with Gasteiger partial charge in [-0.3, -0.25) is 9.00 Å². The molecule has 0 bridgehead atoms. The summed E-state index contributed by atoms with van der Waals surface area (Å²) in [5.41, 5.74) is 4.64. The maximum Gasteiger partial charge on any atom is 0.281 e. The van der Waals surface area contributed by atoms with E-state index < -0.39 is 9.52 Å². The molecule has 0 N–H and O–H groups in total. The average Bonchev–Trinajstić information content (AvgIpc) is 2.98. The van der Waals surface area contributed by atoms with Crippen LogP contribution >= 0.6 is 0 Å². The van der Waals surface area contributed by atoms with Crippen molar-refractivity contribution in [3.63, 3.8) is 0 Å². The third kappa shape index (κ3) is 3.27. The highest BCUT2D eigenvalue weighted by Crippen LogP contribution is 2.27. The molecule has 6 heteroatoms. The maximum absolute atomic E-state index is 13.4. The van der Waals surface area contributed by atoms with Crippen molar-refractivity contribution in [3.8, 4) is 11.4 Å². The van der Waals surface area contributed by atoms with Crippen LogP contribution in [-0.4, -0.2) is 30.7 Å². The quantitative estimate of drug-likeness (QED) is 0.469. The summed E-state index contributed by atoms with van der Waals surface area (Å²) in [4.78, 5) is 14.0. The van der Waals surface area contributed by atoms with Gasteiger partial charge in [0, 0.05) is 33.6 Å².